The summed E-state index contributed by atoms with van der Waals surface area (Å²) >= 11 is 0. The summed E-state index contributed by atoms with van der Waals surface area (Å²) in [5, 5.41) is 26.3. The first-order valence-electron chi connectivity index (χ1n) is 15.4. The molecule has 11 aromatic carbocycles. The Hall–Kier alpha value is -5.72. The van der Waals surface area contributed by atoms with Crippen LogP contribution in [0.1, 0.15) is 0 Å². The van der Waals surface area contributed by atoms with Crippen LogP contribution in [0.5, 0.6) is 0 Å². The molecule has 0 aliphatic carbocycles. The van der Waals surface area contributed by atoms with Crippen molar-refractivity contribution in [3.05, 3.63) is 146 Å². The van der Waals surface area contributed by atoms with Gasteiger partial charge in [-0.3, -0.25) is 0 Å². The van der Waals surface area contributed by atoms with E-state index in [-0.39, 0.29) is 0 Å². The Balaban J connectivity index is 1.52. The molecule has 11 aromatic rings. The fraction of sp³-hybridized carbons (Fsp3) is 0. The number of hydrogen-bond donors (Lipinski definition) is 0. The average Bonchev–Trinajstić information content (AvgIpc) is 3.08. The predicted octanol–water partition coefficient (Wildman–Crippen LogP) is 12.7. The Labute approximate surface area is 252 Å². The summed E-state index contributed by atoms with van der Waals surface area (Å²) < 4.78 is 0. The summed E-state index contributed by atoms with van der Waals surface area (Å²) in [4.78, 5) is 0. The number of rotatable bonds is 0. The Morgan fingerprint density at radius 1 is 0.182 bits per heavy atom. The molecule has 0 radical (unpaired) electrons. The van der Waals surface area contributed by atoms with Gasteiger partial charge in [0.2, 0.25) is 0 Å². The van der Waals surface area contributed by atoms with E-state index in [4.69, 9.17) is 0 Å². The lowest BCUT2D eigenvalue weighted by molar-refractivity contribution is 1.79. The van der Waals surface area contributed by atoms with Crippen LogP contribution in [-0.4, -0.2) is 0 Å². The zero-order valence-electron chi connectivity index (χ0n) is 23.9. The molecule has 0 spiro atoms. The largest absolute Gasteiger partial charge is 0.0616 e. The molecule has 0 heteroatoms. The van der Waals surface area contributed by atoms with Crippen LogP contribution in [0.15, 0.2) is 146 Å². The number of benzene rings is 10. The lowest BCUT2D eigenvalue weighted by atomic mass is 9.85. The van der Waals surface area contributed by atoms with Crippen molar-refractivity contribution in [1.82, 2.24) is 0 Å². The van der Waals surface area contributed by atoms with Crippen LogP contribution >= 0.6 is 0 Å². The molecule has 0 heterocycles. The molecule has 0 amide bonds. The van der Waals surface area contributed by atoms with Gasteiger partial charge in [-0.1, -0.05) is 133 Å². The van der Waals surface area contributed by atoms with E-state index in [1.54, 1.807) is 0 Å². The minimum absolute atomic E-state index is 1.29. The van der Waals surface area contributed by atoms with Crippen LogP contribution in [0.3, 0.4) is 0 Å². The summed E-state index contributed by atoms with van der Waals surface area (Å²) in [5.74, 6) is 0. The van der Waals surface area contributed by atoms with Crippen molar-refractivity contribution < 1.29 is 0 Å². The summed E-state index contributed by atoms with van der Waals surface area (Å²) in [6.45, 7) is 0. The van der Waals surface area contributed by atoms with Crippen molar-refractivity contribution in [2.24, 2.45) is 0 Å². The van der Waals surface area contributed by atoms with Crippen LogP contribution in [0, 0.1) is 0 Å². The maximum atomic E-state index is 2.46. The molecule has 0 N–H and O–H groups in total. The summed E-state index contributed by atoms with van der Waals surface area (Å²) in [5.41, 5.74) is 0. The molecule has 0 bridgehead atoms. The van der Waals surface area contributed by atoms with Crippen LogP contribution in [-0.2, 0) is 0 Å². The number of hydrogen-bond acceptors (Lipinski definition) is 0. The summed E-state index contributed by atoms with van der Waals surface area (Å²) in [7, 11) is 0. The van der Waals surface area contributed by atoms with E-state index in [0.717, 1.165) is 0 Å². The van der Waals surface area contributed by atoms with E-state index in [1.165, 1.54) is 108 Å². The summed E-state index contributed by atoms with van der Waals surface area (Å²) in [6.07, 6.45) is 0. The molecule has 44 heavy (non-hydrogen) atoms. The first kappa shape index (κ1) is 22.8. The fourth-order valence-electron chi connectivity index (χ4n) is 8.50. The molecule has 0 atom stereocenters. The van der Waals surface area contributed by atoms with Gasteiger partial charge in [0.25, 0.3) is 0 Å². The highest BCUT2D eigenvalue weighted by Crippen LogP contribution is 2.46. The molecule has 0 aliphatic heterocycles. The van der Waals surface area contributed by atoms with Crippen molar-refractivity contribution in [2.75, 3.05) is 0 Å². The van der Waals surface area contributed by atoms with E-state index in [2.05, 4.69) is 146 Å². The van der Waals surface area contributed by atoms with Gasteiger partial charge in [0.1, 0.15) is 0 Å². The van der Waals surface area contributed by atoms with Gasteiger partial charge in [-0.05, 0) is 120 Å². The first-order valence-corrected chi connectivity index (χ1v) is 15.4. The average molecular weight is 553 g/mol. The smallest absolute Gasteiger partial charge is 0.00197 e. The molecule has 0 aromatic heterocycles. The third-order valence-electron chi connectivity index (χ3n) is 10.3. The second kappa shape index (κ2) is 8.01. The van der Waals surface area contributed by atoms with Crippen molar-refractivity contribution in [2.45, 2.75) is 0 Å². The lowest BCUT2D eigenvalue weighted by Gasteiger charge is -2.18. The second-order valence-electron chi connectivity index (χ2n) is 12.4. The minimum Gasteiger partial charge on any atom is -0.0616 e. The van der Waals surface area contributed by atoms with Crippen molar-refractivity contribution in [3.8, 4) is 0 Å². The molecular weight excluding hydrogens is 528 g/mol. The van der Waals surface area contributed by atoms with Crippen LogP contribution in [0.2, 0.25) is 0 Å². The van der Waals surface area contributed by atoms with E-state index >= 15 is 0 Å². The molecule has 0 saturated carbocycles. The van der Waals surface area contributed by atoms with Crippen molar-refractivity contribution in [1.29, 1.82) is 0 Å². The van der Waals surface area contributed by atoms with E-state index < -0.39 is 0 Å². The van der Waals surface area contributed by atoms with Gasteiger partial charge in [0.15, 0.2) is 0 Å². The van der Waals surface area contributed by atoms with Gasteiger partial charge in [0, 0.05) is 0 Å². The predicted molar refractivity (Wildman–Crippen MR) is 193 cm³/mol. The SMILES string of the molecule is c1cc2ccc3cc4c5ccccc5c5c(cc6ccc7cccc8ccc5c6c78)c5ccccc5c4c4ccc(c1)c2c34. The third kappa shape index (κ3) is 2.74. The molecule has 0 unspecified atom stereocenters. The summed E-state index contributed by atoms with van der Waals surface area (Å²) in [6, 6.07) is 55.0. The minimum atomic E-state index is 1.29. The monoisotopic (exact) mass is 552 g/mol. The van der Waals surface area contributed by atoms with Crippen molar-refractivity contribution in [3.63, 3.8) is 0 Å². The van der Waals surface area contributed by atoms with Crippen LogP contribution < -0.4 is 0 Å². The Bertz CT molecular complexity index is 2790. The van der Waals surface area contributed by atoms with E-state index in [1.807, 2.05) is 0 Å². The second-order valence-corrected chi connectivity index (χ2v) is 12.4. The van der Waals surface area contributed by atoms with Gasteiger partial charge in [-0.15, -0.1) is 0 Å². The molecule has 11 rings (SSSR count). The highest BCUT2D eigenvalue weighted by molar-refractivity contribution is 6.40. The highest BCUT2D eigenvalue weighted by atomic mass is 14.2. The third-order valence-corrected chi connectivity index (χ3v) is 10.3. The zero-order valence-corrected chi connectivity index (χ0v) is 23.9. The highest BCUT2D eigenvalue weighted by Gasteiger charge is 2.18. The molecular formula is C44H24. The normalized spacial score (nSPS) is 12.5. The van der Waals surface area contributed by atoms with Crippen LogP contribution in [0.4, 0.5) is 0 Å². The Kier molecular flexibility index (Phi) is 4.15. The maximum absolute atomic E-state index is 2.46. The van der Waals surface area contributed by atoms with Crippen LogP contribution in [0.25, 0.3) is 108 Å². The van der Waals surface area contributed by atoms with Gasteiger partial charge >= 0.3 is 0 Å². The van der Waals surface area contributed by atoms with E-state index in [0.29, 0.717) is 0 Å². The molecule has 0 saturated heterocycles. The lowest BCUT2D eigenvalue weighted by Crippen LogP contribution is -1.90. The Morgan fingerprint density at radius 2 is 0.545 bits per heavy atom. The van der Waals surface area contributed by atoms with Gasteiger partial charge in [-0.25, -0.2) is 0 Å². The standard InChI is InChI=1S/C44H24/c1-3-13-33-31(11-1)37-23-29-17-15-25-7-5-10-28-20-22-36(41(29)39(25)28)44(37)34-14-4-2-12-32(34)38-24-30-18-16-26-8-6-9-27-19-21-35(43(33)38)42(30)40(26)27/h1-24H. The molecule has 0 nitrogen and oxygen atoms in total. The fourth-order valence-corrected chi connectivity index (χ4v) is 8.50. The molecule has 200 valence electrons. The first-order chi connectivity index (χ1) is 21.8. The molecule has 0 fully saturated rings. The van der Waals surface area contributed by atoms with Gasteiger partial charge < -0.3 is 0 Å². The quantitative estimate of drug-likeness (QED) is 0.164. The zero-order chi connectivity index (χ0) is 28.5. The maximum Gasteiger partial charge on any atom is -0.00197 e. The Morgan fingerprint density at radius 3 is 0.977 bits per heavy atom. The topological polar surface area (TPSA) is 0 Å². The van der Waals surface area contributed by atoms with Crippen molar-refractivity contribution >= 4 is 108 Å². The molecule has 0 aliphatic rings. The van der Waals surface area contributed by atoms with Gasteiger partial charge in [-0.2, -0.15) is 0 Å². The van der Waals surface area contributed by atoms with E-state index in [9.17, 15) is 0 Å². The van der Waals surface area contributed by atoms with Gasteiger partial charge in [0.05, 0.1) is 0 Å². The number of fused-ring (bicyclic) bond motifs is 10.